The summed E-state index contributed by atoms with van der Waals surface area (Å²) in [5, 5.41) is 15.9. The number of nitrogens with one attached hydrogen (secondary N) is 2. The maximum Gasteiger partial charge on any atom is 0.231 e. The zero-order valence-corrected chi connectivity index (χ0v) is 20.2. The number of hydrogen-bond donors (Lipinski definition) is 2. The third-order valence-corrected chi connectivity index (χ3v) is 7.35. The first kappa shape index (κ1) is 23.8. The van der Waals surface area contributed by atoms with Crippen molar-refractivity contribution in [3.8, 4) is 0 Å². The molecule has 4 rings (SSSR count). The molecule has 0 saturated carbocycles. The third kappa shape index (κ3) is 6.37. The van der Waals surface area contributed by atoms with Crippen LogP contribution in [0.2, 0.25) is 0 Å². The van der Waals surface area contributed by atoms with Gasteiger partial charge in [0.25, 0.3) is 0 Å². The average Bonchev–Trinajstić information content (AvgIpc) is 3.45. The molecule has 2 amide bonds. The predicted octanol–water partition coefficient (Wildman–Crippen LogP) is 3.04. The quantitative estimate of drug-likeness (QED) is 0.584. The zero-order chi connectivity index (χ0) is 23.2. The van der Waals surface area contributed by atoms with E-state index in [0.717, 1.165) is 56.1 Å². The highest BCUT2D eigenvalue weighted by Crippen LogP contribution is 2.27. The molecule has 2 aliphatic rings. The average molecular weight is 472 g/mol. The molecule has 8 nitrogen and oxygen atoms in total. The summed E-state index contributed by atoms with van der Waals surface area (Å²) in [6.07, 6.45) is 4.31. The second kappa shape index (κ2) is 11.2. The lowest BCUT2D eigenvalue weighted by atomic mass is 10.0. The minimum Gasteiger partial charge on any atom is -0.375 e. The van der Waals surface area contributed by atoms with Gasteiger partial charge in [-0.2, -0.15) is 0 Å². The van der Waals surface area contributed by atoms with Crippen molar-refractivity contribution in [2.45, 2.75) is 52.1 Å². The van der Waals surface area contributed by atoms with Crippen molar-refractivity contribution in [3.05, 3.63) is 34.8 Å². The van der Waals surface area contributed by atoms with Crippen LogP contribution in [0.25, 0.3) is 0 Å². The maximum absolute atomic E-state index is 12.8. The first-order valence-electron chi connectivity index (χ1n) is 11.9. The number of amides is 2. The first-order valence-corrected chi connectivity index (χ1v) is 12.7. The number of anilines is 2. The normalized spacial score (nSPS) is 21.9. The lowest BCUT2D eigenvalue weighted by Crippen LogP contribution is -2.39. The van der Waals surface area contributed by atoms with Crippen molar-refractivity contribution in [1.29, 1.82) is 0 Å². The van der Waals surface area contributed by atoms with Crippen LogP contribution >= 0.6 is 11.3 Å². The molecular formula is C24H33N5O3S. The number of benzene rings is 1. The molecule has 3 unspecified atom stereocenters. The van der Waals surface area contributed by atoms with Gasteiger partial charge < -0.3 is 20.3 Å². The van der Waals surface area contributed by atoms with Gasteiger partial charge in [0.2, 0.25) is 16.9 Å². The molecule has 0 bridgehead atoms. The van der Waals surface area contributed by atoms with Crippen LogP contribution in [0.3, 0.4) is 0 Å². The lowest BCUT2D eigenvalue weighted by Gasteiger charge is -2.24. The Hall–Kier alpha value is -2.36. The number of morpholine rings is 1. The molecule has 9 heteroatoms. The van der Waals surface area contributed by atoms with E-state index in [2.05, 4.69) is 34.7 Å². The molecule has 3 atom stereocenters. The van der Waals surface area contributed by atoms with E-state index in [1.165, 1.54) is 16.9 Å². The van der Waals surface area contributed by atoms with Crippen LogP contribution in [0.4, 0.5) is 10.8 Å². The van der Waals surface area contributed by atoms with Gasteiger partial charge in [0.05, 0.1) is 18.6 Å². The Morgan fingerprint density at radius 3 is 2.88 bits per heavy atom. The van der Waals surface area contributed by atoms with Crippen LogP contribution in [0.15, 0.2) is 24.3 Å². The topological polar surface area (TPSA) is 96.5 Å². The number of hydrogen-bond acceptors (Lipinski definition) is 7. The van der Waals surface area contributed by atoms with Crippen molar-refractivity contribution in [2.75, 3.05) is 36.5 Å². The molecule has 2 N–H and O–H groups in total. The number of aryl methyl sites for hydroxylation is 1. The molecule has 3 heterocycles. The number of carbonyl (C=O) groups excluding carboxylic acids is 2. The maximum atomic E-state index is 12.8. The molecule has 1 aromatic carbocycles. The van der Waals surface area contributed by atoms with Crippen LogP contribution in [-0.2, 0) is 27.2 Å². The van der Waals surface area contributed by atoms with Crippen LogP contribution < -0.4 is 15.5 Å². The van der Waals surface area contributed by atoms with Gasteiger partial charge in [-0.25, -0.2) is 0 Å². The van der Waals surface area contributed by atoms with E-state index in [-0.39, 0.29) is 24.3 Å². The van der Waals surface area contributed by atoms with Gasteiger partial charge >= 0.3 is 0 Å². The van der Waals surface area contributed by atoms with Gasteiger partial charge in [0, 0.05) is 38.2 Å². The highest BCUT2D eigenvalue weighted by Gasteiger charge is 2.35. The lowest BCUT2D eigenvalue weighted by molar-refractivity contribution is -0.122. The number of nitrogens with zero attached hydrogens (tertiary/aromatic N) is 3. The molecule has 2 saturated heterocycles. The number of ether oxygens (including phenoxy) is 1. The van der Waals surface area contributed by atoms with Crippen LogP contribution in [-0.4, -0.2) is 54.4 Å². The van der Waals surface area contributed by atoms with Crippen molar-refractivity contribution in [1.82, 2.24) is 15.5 Å². The summed E-state index contributed by atoms with van der Waals surface area (Å²) in [6, 6.07) is 7.99. The molecule has 0 radical (unpaired) electrons. The smallest absolute Gasteiger partial charge is 0.231 e. The minimum atomic E-state index is -0.397. The Balaban J connectivity index is 1.29. The van der Waals surface area contributed by atoms with E-state index in [0.29, 0.717) is 17.6 Å². The monoisotopic (exact) mass is 471 g/mol. The Morgan fingerprint density at radius 1 is 1.33 bits per heavy atom. The Bertz CT molecular complexity index is 942. The van der Waals surface area contributed by atoms with Crippen LogP contribution in [0.5, 0.6) is 0 Å². The summed E-state index contributed by atoms with van der Waals surface area (Å²) < 4.78 is 5.77. The van der Waals surface area contributed by atoms with Gasteiger partial charge in [0.15, 0.2) is 0 Å². The molecule has 1 aromatic heterocycles. The molecule has 178 valence electrons. The Kier molecular flexibility index (Phi) is 8.06. The van der Waals surface area contributed by atoms with E-state index in [4.69, 9.17) is 4.74 Å². The summed E-state index contributed by atoms with van der Waals surface area (Å²) in [5.41, 5.74) is 2.00. The van der Waals surface area contributed by atoms with E-state index in [9.17, 15) is 9.59 Å². The van der Waals surface area contributed by atoms with Crippen molar-refractivity contribution in [2.24, 2.45) is 11.8 Å². The van der Waals surface area contributed by atoms with Gasteiger partial charge in [-0.05, 0) is 36.5 Å². The molecule has 0 aliphatic carbocycles. The largest absolute Gasteiger partial charge is 0.375 e. The zero-order valence-electron chi connectivity index (χ0n) is 19.4. The molecule has 2 aromatic rings. The molecule has 0 spiro atoms. The van der Waals surface area contributed by atoms with E-state index in [1.807, 2.05) is 24.3 Å². The summed E-state index contributed by atoms with van der Waals surface area (Å²) in [4.78, 5) is 27.1. The fourth-order valence-corrected chi connectivity index (χ4v) is 4.90. The fourth-order valence-electron chi connectivity index (χ4n) is 4.15. The summed E-state index contributed by atoms with van der Waals surface area (Å²) in [7, 11) is 0. The molecule has 2 fully saturated rings. The second-order valence-corrected chi connectivity index (χ2v) is 10.1. The Labute approximate surface area is 199 Å². The first-order chi connectivity index (χ1) is 16.0. The molecular weight excluding hydrogens is 438 g/mol. The van der Waals surface area contributed by atoms with Crippen molar-refractivity contribution in [3.63, 3.8) is 0 Å². The van der Waals surface area contributed by atoms with Gasteiger partial charge in [-0.1, -0.05) is 43.7 Å². The molecule has 33 heavy (non-hydrogen) atoms. The van der Waals surface area contributed by atoms with Gasteiger partial charge in [-0.15, -0.1) is 10.2 Å². The van der Waals surface area contributed by atoms with Crippen LogP contribution in [0, 0.1) is 11.8 Å². The van der Waals surface area contributed by atoms with E-state index in [1.54, 1.807) is 4.90 Å². The summed E-state index contributed by atoms with van der Waals surface area (Å²) >= 11 is 1.42. The molecule has 2 aliphatic heterocycles. The summed E-state index contributed by atoms with van der Waals surface area (Å²) in [6.45, 7) is 7.28. The van der Waals surface area contributed by atoms with Crippen molar-refractivity contribution >= 4 is 34.0 Å². The third-order valence-electron chi connectivity index (χ3n) is 6.46. The highest BCUT2D eigenvalue weighted by atomic mass is 32.1. The summed E-state index contributed by atoms with van der Waals surface area (Å²) in [5.74, 6) is 0.0451. The standard InChI is InChI=1S/C24H33N5O3S/c1-3-16(2)4-9-21-27-28-24(33-21)26-23(31)18-13-22(30)29(15-18)19-7-5-17(6-8-19)12-20-14-25-10-11-32-20/h5-8,16,18,20,25H,3-4,9-15H2,1-2H3,(H,26,28,31). The van der Waals surface area contributed by atoms with E-state index >= 15 is 0 Å². The highest BCUT2D eigenvalue weighted by molar-refractivity contribution is 7.15. The number of carbonyl (C=O) groups is 2. The number of aromatic nitrogens is 2. The van der Waals surface area contributed by atoms with E-state index < -0.39 is 5.92 Å². The SMILES string of the molecule is CCC(C)CCc1nnc(NC(=O)C2CC(=O)N(c3ccc(CC4CNCCO4)cc3)C2)s1. The van der Waals surface area contributed by atoms with Gasteiger partial charge in [0.1, 0.15) is 5.01 Å². The van der Waals surface area contributed by atoms with Crippen LogP contribution in [0.1, 0.15) is 43.7 Å². The van der Waals surface area contributed by atoms with Crippen molar-refractivity contribution < 1.29 is 14.3 Å². The predicted molar refractivity (Wildman–Crippen MR) is 130 cm³/mol. The minimum absolute atomic E-state index is 0.0331. The second-order valence-electron chi connectivity index (χ2n) is 9.02. The Morgan fingerprint density at radius 2 is 2.15 bits per heavy atom. The fraction of sp³-hybridized carbons (Fsp3) is 0.583. The van der Waals surface area contributed by atoms with Gasteiger partial charge in [-0.3, -0.25) is 9.59 Å². The number of rotatable bonds is 9.